The second kappa shape index (κ2) is 10.3. The maximum absolute atomic E-state index is 11.0. The fraction of sp³-hybridized carbons (Fsp3) is 0.560. The fourth-order valence-electron chi connectivity index (χ4n) is 4.68. The monoisotopic (exact) mass is 455 g/mol. The second-order valence-corrected chi connectivity index (χ2v) is 10.3. The highest BCUT2D eigenvalue weighted by molar-refractivity contribution is 7.15. The van der Waals surface area contributed by atoms with Crippen LogP contribution in [0.25, 0.3) is 10.9 Å². The van der Waals surface area contributed by atoms with Gasteiger partial charge in [0.05, 0.1) is 4.88 Å². The van der Waals surface area contributed by atoms with Crippen LogP contribution in [0.4, 0.5) is 5.13 Å². The Kier molecular flexibility index (Phi) is 7.51. The molecule has 3 N–H and O–H groups in total. The molecule has 174 valence electrons. The topological polar surface area (TPSA) is 67.4 Å². The molecular weight excluding hydrogens is 418 g/mol. The van der Waals surface area contributed by atoms with Crippen LogP contribution in [0.1, 0.15) is 56.7 Å². The molecule has 3 heterocycles. The standard InChI is InChI=1S/C25H37N5OS/c1-5-6-9-20(12-19-13-26-22-11-8-7-10-21(19)22)28-24(31)23-14-27-25(32-23)30-15-17(2)29(4)18(3)16-30/h7-8,10-11,13-14,17-18,20,24,26,28,31H,5-6,9,12,15-16H2,1-4H3/t17-,18+,20?,24?. The number of nitrogens with one attached hydrogen (secondary N) is 2. The minimum absolute atomic E-state index is 0.207. The molecule has 1 aromatic carbocycles. The van der Waals surface area contributed by atoms with Crippen molar-refractivity contribution in [1.82, 2.24) is 20.2 Å². The molecule has 7 heteroatoms. The number of rotatable bonds is 9. The van der Waals surface area contributed by atoms with E-state index < -0.39 is 6.23 Å². The molecule has 2 aromatic heterocycles. The van der Waals surface area contributed by atoms with Gasteiger partial charge in [0.25, 0.3) is 0 Å². The van der Waals surface area contributed by atoms with Gasteiger partial charge < -0.3 is 15.0 Å². The van der Waals surface area contributed by atoms with Crippen molar-refractivity contribution < 1.29 is 5.11 Å². The number of anilines is 1. The average Bonchev–Trinajstić information content (AvgIpc) is 3.43. The van der Waals surface area contributed by atoms with Crippen LogP contribution in [0.15, 0.2) is 36.7 Å². The Morgan fingerprint density at radius 2 is 2.00 bits per heavy atom. The number of thiazole rings is 1. The summed E-state index contributed by atoms with van der Waals surface area (Å²) in [6.45, 7) is 8.67. The maximum Gasteiger partial charge on any atom is 0.185 e. The van der Waals surface area contributed by atoms with E-state index in [1.54, 1.807) is 11.3 Å². The highest BCUT2D eigenvalue weighted by Crippen LogP contribution is 2.30. The first-order valence-corrected chi connectivity index (χ1v) is 12.7. The Bertz CT molecular complexity index is 989. The molecule has 6 nitrogen and oxygen atoms in total. The molecule has 3 aromatic rings. The molecule has 1 fully saturated rings. The Balaban J connectivity index is 1.44. The number of H-pyrrole nitrogens is 1. The summed E-state index contributed by atoms with van der Waals surface area (Å²) in [5.41, 5.74) is 2.46. The van der Waals surface area contributed by atoms with E-state index in [-0.39, 0.29) is 6.04 Å². The number of aromatic amines is 1. The molecule has 0 radical (unpaired) electrons. The largest absolute Gasteiger partial charge is 0.373 e. The van der Waals surface area contributed by atoms with Gasteiger partial charge in [-0.1, -0.05) is 49.3 Å². The molecule has 4 atom stereocenters. The summed E-state index contributed by atoms with van der Waals surface area (Å²) in [6, 6.07) is 9.61. The van der Waals surface area contributed by atoms with Crippen LogP contribution >= 0.6 is 11.3 Å². The normalized spacial score (nSPS) is 21.8. The molecule has 0 bridgehead atoms. The smallest absolute Gasteiger partial charge is 0.185 e. The Morgan fingerprint density at radius 1 is 1.25 bits per heavy atom. The first kappa shape index (κ1) is 23.2. The molecule has 0 aliphatic carbocycles. The minimum atomic E-state index is -0.698. The lowest BCUT2D eigenvalue weighted by molar-refractivity contribution is 0.123. The highest BCUT2D eigenvalue weighted by Gasteiger charge is 2.28. The highest BCUT2D eigenvalue weighted by atomic mass is 32.1. The minimum Gasteiger partial charge on any atom is -0.373 e. The Labute approximate surface area is 195 Å². The number of hydrogen-bond acceptors (Lipinski definition) is 6. The predicted octanol–water partition coefficient (Wildman–Crippen LogP) is 4.54. The molecule has 4 rings (SSSR count). The summed E-state index contributed by atoms with van der Waals surface area (Å²) in [5.74, 6) is 0. The van der Waals surface area contributed by atoms with Crippen LogP contribution in [0.3, 0.4) is 0 Å². The van der Waals surface area contributed by atoms with Crippen molar-refractivity contribution in [1.29, 1.82) is 0 Å². The van der Waals surface area contributed by atoms with Crippen LogP contribution < -0.4 is 10.2 Å². The Hall–Kier alpha value is -1.93. The maximum atomic E-state index is 11.0. The predicted molar refractivity (Wildman–Crippen MR) is 134 cm³/mol. The van der Waals surface area contributed by atoms with Gasteiger partial charge in [0.1, 0.15) is 6.23 Å². The number of unbranched alkanes of at least 4 members (excludes halogenated alkanes) is 1. The van der Waals surface area contributed by atoms with E-state index in [9.17, 15) is 5.11 Å². The fourth-order valence-corrected chi connectivity index (χ4v) is 5.56. The van der Waals surface area contributed by atoms with E-state index >= 15 is 0 Å². The van der Waals surface area contributed by atoms with Crippen molar-refractivity contribution in [3.63, 3.8) is 0 Å². The van der Waals surface area contributed by atoms with Gasteiger partial charge in [-0.05, 0) is 45.4 Å². The van der Waals surface area contributed by atoms with Gasteiger partial charge in [-0.3, -0.25) is 10.2 Å². The molecule has 1 aliphatic heterocycles. The zero-order valence-corrected chi connectivity index (χ0v) is 20.5. The summed E-state index contributed by atoms with van der Waals surface area (Å²) in [7, 11) is 2.19. The second-order valence-electron chi connectivity index (χ2n) is 9.29. The molecule has 32 heavy (non-hydrogen) atoms. The number of fused-ring (bicyclic) bond motifs is 1. The van der Waals surface area contributed by atoms with Gasteiger partial charge in [0, 0.05) is 54.5 Å². The van der Waals surface area contributed by atoms with Gasteiger partial charge in [-0.15, -0.1) is 0 Å². The summed E-state index contributed by atoms with van der Waals surface area (Å²) < 4.78 is 0. The van der Waals surface area contributed by atoms with E-state index in [0.717, 1.165) is 48.8 Å². The SMILES string of the molecule is CCCCC(Cc1c[nH]c2ccccc12)NC(O)c1cnc(N2C[C@@H](C)N(C)[C@@H](C)C2)s1. The number of likely N-dealkylation sites (N-methyl/N-ethyl adjacent to an activating group) is 1. The molecule has 1 saturated heterocycles. The third kappa shape index (κ3) is 5.17. The zero-order chi connectivity index (χ0) is 22.7. The van der Waals surface area contributed by atoms with Gasteiger partial charge in [-0.25, -0.2) is 4.98 Å². The number of hydrogen-bond donors (Lipinski definition) is 3. The van der Waals surface area contributed by atoms with E-state index in [0.29, 0.717) is 12.1 Å². The zero-order valence-electron chi connectivity index (χ0n) is 19.7. The number of nitrogens with zero attached hydrogens (tertiary/aromatic N) is 3. The van der Waals surface area contributed by atoms with Gasteiger partial charge >= 0.3 is 0 Å². The molecular formula is C25H37N5OS. The number of benzene rings is 1. The quantitative estimate of drug-likeness (QED) is 0.414. The van der Waals surface area contributed by atoms with E-state index in [4.69, 9.17) is 0 Å². The first-order valence-electron chi connectivity index (χ1n) is 11.9. The van der Waals surface area contributed by atoms with Crippen molar-refractivity contribution in [3.8, 4) is 0 Å². The van der Waals surface area contributed by atoms with Crippen LogP contribution in [0.5, 0.6) is 0 Å². The molecule has 0 amide bonds. The lowest BCUT2D eigenvalue weighted by atomic mass is 10.0. The van der Waals surface area contributed by atoms with Gasteiger partial charge in [0.2, 0.25) is 0 Å². The van der Waals surface area contributed by atoms with E-state index in [2.05, 4.69) is 83.4 Å². The van der Waals surface area contributed by atoms with Gasteiger partial charge in [0.15, 0.2) is 5.13 Å². The van der Waals surface area contributed by atoms with Crippen LogP contribution in [0.2, 0.25) is 0 Å². The summed E-state index contributed by atoms with van der Waals surface area (Å²) in [4.78, 5) is 13.7. The molecule has 0 spiro atoms. The number of para-hydroxylation sites is 1. The Morgan fingerprint density at radius 3 is 2.75 bits per heavy atom. The van der Waals surface area contributed by atoms with E-state index in [1.165, 1.54) is 16.5 Å². The van der Waals surface area contributed by atoms with Crippen molar-refractivity contribution in [2.24, 2.45) is 0 Å². The van der Waals surface area contributed by atoms with Gasteiger partial charge in [-0.2, -0.15) is 0 Å². The molecule has 1 aliphatic rings. The number of aliphatic hydroxyl groups is 1. The van der Waals surface area contributed by atoms with Crippen LogP contribution in [0, 0.1) is 0 Å². The van der Waals surface area contributed by atoms with Crippen LogP contribution in [-0.4, -0.2) is 58.2 Å². The number of aliphatic hydroxyl groups excluding tert-OH is 1. The van der Waals surface area contributed by atoms with Crippen molar-refractivity contribution in [3.05, 3.63) is 47.1 Å². The van der Waals surface area contributed by atoms with Crippen molar-refractivity contribution >= 4 is 27.4 Å². The number of piperazine rings is 1. The van der Waals surface area contributed by atoms with Crippen LogP contribution in [-0.2, 0) is 6.42 Å². The summed E-state index contributed by atoms with van der Waals surface area (Å²) in [6.07, 6.45) is 7.46. The third-order valence-corrected chi connectivity index (χ3v) is 7.96. The van der Waals surface area contributed by atoms with Crippen molar-refractivity contribution in [2.75, 3.05) is 25.0 Å². The average molecular weight is 456 g/mol. The van der Waals surface area contributed by atoms with E-state index in [1.807, 2.05) is 6.20 Å². The molecule has 0 saturated carbocycles. The lowest BCUT2D eigenvalue weighted by Gasteiger charge is -2.42. The lowest BCUT2D eigenvalue weighted by Crippen LogP contribution is -2.55. The third-order valence-electron chi connectivity index (χ3n) is 6.85. The summed E-state index contributed by atoms with van der Waals surface area (Å²) >= 11 is 1.61. The molecule has 2 unspecified atom stereocenters. The number of aromatic nitrogens is 2. The van der Waals surface area contributed by atoms with Crippen molar-refractivity contribution in [2.45, 2.75) is 70.8 Å². The summed E-state index contributed by atoms with van der Waals surface area (Å²) in [5, 5.41) is 16.8. The first-order chi connectivity index (χ1) is 15.5.